The van der Waals surface area contributed by atoms with Crippen LogP contribution in [0.3, 0.4) is 0 Å². The van der Waals surface area contributed by atoms with Gasteiger partial charge in [0, 0.05) is 28.3 Å². The molecular weight excluding hydrogens is 264 g/mol. The summed E-state index contributed by atoms with van der Waals surface area (Å²) >= 11 is 3.14. The highest BCUT2D eigenvalue weighted by molar-refractivity contribution is 7.15. The molecular formula is C12H10N4S2. The summed E-state index contributed by atoms with van der Waals surface area (Å²) in [4.78, 5) is 8.73. The number of hydrogen-bond donors (Lipinski definition) is 2. The maximum atomic E-state index is 5.73. The van der Waals surface area contributed by atoms with Crippen molar-refractivity contribution < 1.29 is 0 Å². The van der Waals surface area contributed by atoms with Crippen molar-refractivity contribution in [1.29, 1.82) is 0 Å². The van der Waals surface area contributed by atoms with Crippen LogP contribution >= 0.6 is 22.7 Å². The normalized spacial score (nSPS) is 10.4. The Kier molecular flexibility index (Phi) is 2.95. The van der Waals surface area contributed by atoms with Crippen molar-refractivity contribution in [2.45, 2.75) is 0 Å². The fraction of sp³-hybridized carbons (Fsp3) is 0. The van der Waals surface area contributed by atoms with E-state index >= 15 is 0 Å². The molecule has 0 saturated heterocycles. The Morgan fingerprint density at radius 1 is 1.22 bits per heavy atom. The predicted molar refractivity (Wildman–Crippen MR) is 77.4 cm³/mol. The standard InChI is InChI=1S/C12H10N4S2/c13-8-2-1-3-9(6-8)15-12-16-10(7-18-12)11-14-4-5-17-11/h1-7H,13H2,(H,15,16). The second-order valence-corrected chi connectivity index (χ2v) is 5.38. The first-order valence-corrected chi connectivity index (χ1v) is 7.05. The second kappa shape index (κ2) is 4.75. The molecule has 0 radical (unpaired) electrons. The lowest BCUT2D eigenvalue weighted by Gasteiger charge is -2.02. The van der Waals surface area contributed by atoms with E-state index in [1.165, 1.54) is 0 Å². The quantitative estimate of drug-likeness (QED) is 0.716. The van der Waals surface area contributed by atoms with E-state index in [2.05, 4.69) is 15.3 Å². The van der Waals surface area contributed by atoms with Crippen LogP contribution in [0.25, 0.3) is 10.7 Å². The van der Waals surface area contributed by atoms with Crippen LogP contribution in [0.5, 0.6) is 0 Å². The third-order valence-corrected chi connectivity index (χ3v) is 3.85. The van der Waals surface area contributed by atoms with Gasteiger partial charge < -0.3 is 11.1 Å². The van der Waals surface area contributed by atoms with Crippen molar-refractivity contribution in [1.82, 2.24) is 9.97 Å². The van der Waals surface area contributed by atoms with Crippen LogP contribution in [-0.2, 0) is 0 Å². The number of anilines is 3. The average Bonchev–Trinajstić information content (AvgIpc) is 2.98. The van der Waals surface area contributed by atoms with Gasteiger partial charge in [-0.2, -0.15) is 0 Å². The Balaban J connectivity index is 1.82. The first kappa shape index (κ1) is 11.2. The number of nitrogens with two attached hydrogens (primary N) is 1. The second-order valence-electron chi connectivity index (χ2n) is 3.63. The summed E-state index contributed by atoms with van der Waals surface area (Å²) in [7, 11) is 0. The summed E-state index contributed by atoms with van der Waals surface area (Å²) in [6.45, 7) is 0. The number of nitrogen functional groups attached to an aromatic ring is 1. The molecule has 0 atom stereocenters. The summed E-state index contributed by atoms with van der Waals surface area (Å²) in [5, 5.41) is 8.94. The molecule has 0 fully saturated rings. The van der Waals surface area contributed by atoms with E-state index in [1.54, 1.807) is 28.9 Å². The van der Waals surface area contributed by atoms with Gasteiger partial charge >= 0.3 is 0 Å². The molecule has 0 aliphatic carbocycles. The highest BCUT2D eigenvalue weighted by Crippen LogP contribution is 2.28. The van der Waals surface area contributed by atoms with Crippen molar-refractivity contribution in [3.8, 4) is 10.7 Å². The molecule has 3 rings (SSSR count). The van der Waals surface area contributed by atoms with E-state index in [9.17, 15) is 0 Å². The molecule has 1 aromatic carbocycles. The number of nitrogens with one attached hydrogen (secondary N) is 1. The molecule has 6 heteroatoms. The largest absolute Gasteiger partial charge is 0.399 e. The maximum Gasteiger partial charge on any atom is 0.187 e. The Morgan fingerprint density at radius 2 is 2.17 bits per heavy atom. The van der Waals surface area contributed by atoms with Gasteiger partial charge in [-0.05, 0) is 18.2 Å². The van der Waals surface area contributed by atoms with Crippen LogP contribution in [0, 0.1) is 0 Å². The lowest BCUT2D eigenvalue weighted by molar-refractivity contribution is 1.33. The highest BCUT2D eigenvalue weighted by atomic mass is 32.1. The lowest BCUT2D eigenvalue weighted by Crippen LogP contribution is -1.91. The number of aromatic nitrogens is 2. The number of rotatable bonds is 3. The van der Waals surface area contributed by atoms with Crippen LogP contribution in [0.15, 0.2) is 41.2 Å². The van der Waals surface area contributed by atoms with E-state index in [0.717, 1.165) is 27.2 Å². The molecule has 18 heavy (non-hydrogen) atoms. The Hall–Kier alpha value is -1.92. The monoisotopic (exact) mass is 274 g/mol. The zero-order valence-electron chi connectivity index (χ0n) is 9.33. The maximum absolute atomic E-state index is 5.73. The fourth-order valence-corrected chi connectivity index (χ4v) is 2.91. The fourth-order valence-electron chi connectivity index (χ4n) is 1.52. The lowest BCUT2D eigenvalue weighted by atomic mass is 10.3. The van der Waals surface area contributed by atoms with Gasteiger partial charge in [-0.1, -0.05) is 6.07 Å². The van der Waals surface area contributed by atoms with Crippen molar-refractivity contribution >= 4 is 39.2 Å². The van der Waals surface area contributed by atoms with Crippen LogP contribution in [0.1, 0.15) is 0 Å². The Morgan fingerprint density at radius 3 is 2.94 bits per heavy atom. The van der Waals surface area contributed by atoms with E-state index in [4.69, 9.17) is 5.73 Å². The van der Waals surface area contributed by atoms with E-state index in [-0.39, 0.29) is 0 Å². The number of hydrogen-bond acceptors (Lipinski definition) is 6. The predicted octanol–water partition coefficient (Wildman–Crippen LogP) is 3.59. The minimum absolute atomic E-state index is 0.733. The van der Waals surface area contributed by atoms with Gasteiger partial charge in [-0.15, -0.1) is 22.7 Å². The van der Waals surface area contributed by atoms with E-state index < -0.39 is 0 Å². The van der Waals surface area contributed by atoms with Gasteiger partial charge in [-0.25, -0.2) is 9.97 Å². The van der Waals surface area contributed by atoms with Crippen LogP contribution < -0.4 is 11.1 Å². The zero-order valence-corrected chi connectivity index (χ0v) is 11.0. The van der Waals surface area contributed by atoms with Gasteiger partial charge in [0.25, 0.3) is 0 Å². The van der Waals surface area contributed by atoms with Gasteiger partial charge in [0.1, 0.15) is 10.7 Å². The summed E-state index contributed by atoms with van der Waals surface area (Å²) in [6.07, 6.45) is 1.78. The van der Waals surface area contributed by atoms with Crippen LogP contribution in [0.4, 0.5) is 16.5 Å². The van der Waals surface area contributed by atoms with Crippen molar-refractivity contribution in [2.24, 2.45) is 0 Å². The first-order valence-electron chi connectivity index (χ1n) is 5.29. The Bertz CT molecular complexity index is 646. The molecule has 0 aliphatic rings. The molecule has 3 aromatic rings. The molecule has 3 N–H and O–H groups in total. The Labute approximate surface area is 112 Å². The van der Waals surface area contributed by atoms with Crippen LogP contribution in [0.2, 0.25) is 0 Å². The molecule has 2 heterocycles. The van der Waals surface area contributed by atoms with Crippen molar-refractivity contribution in [3.05, 3.63) is 41.2 Å². The molecule has 2 aromatic heterocycles. The summed E-state index contributed by atoms with van der Waals surface area (Å²) in [5.74, 6) is 0. The van der Waals surface area contributed by atoms with Crippen LogP contribution in [-0.4, -0.2) is 9.97 Å². The molecule has 0 aliphatic heterocycles. The van der Waals surface area contributed by atoms with Gasteiger partial charge in [0.05, 0.1) is 0 Å². The highest BCUT2D eigenvalue weighted by Gasteiger charge is 2.06. The SMILES string of the molecule is Nc1cccc(Nc2nc(-c3nccs3)cs2)c1. The zero-order chi connectivity index (χ0) is 12.4. The minimum atomic E-state index is 0.733. The molecule has 0 amide bonds. The summed E-state index contributed by atoms with van der Waals surface area (Å²) in [6, 6.07) is 7.60. The minimum Gasteiger partial charge on any atom is -0.399 e. The van der Waals surface area contributed by atoms with E-state index in [0.29, 0.717) is 0 Å². The first-order chi connectivity index (χ1) is 8.81. The van der Waals surface area contributed by atoms with Crippen molar-refractivity contribution in [3.63, 3.8) is 0 Å². The smallest absolute Gasteiger partial charge is 0.187 e. The van der Waals surface area contributed by atoms with Crippen molar-refractivity contribution in [2.75, 3.05) is 11.1 Å². The van der Waals surface area contributed by atoms with Gasteiger partial charge in [0.2, 0.25) is 0 Å². The van der Waals surface area contributed by atoms with E-state index in [1.807, 2.05) is 35.0 Å². The molecule has 0 spiro atoms. The summed E-state index contributed by atoms with van der Waals surface area (Å²) in [5.41, 5.74) is 8.31. The third kappa shape index (κ3) is 2.34. The number of benzene rings is 1. The molecule has 4 nitrogen and oxygen atoms in total. The third-order valence-electron chi connectivity index (χ3n) is 2.29. The molecule has 0 bridgehead atoms. The van der Waals surface area contributed by atoms with Gasteiger partial charge in [0.15, 0.2) is 5.13 Å². The van der Waals surface area contributed by atoms with Gasteiger partial charge in [-0.3, -0.25) is 0 Å². The average molecular weight is 274 g/mol. The summed E-state index contributed by atoms with van der Waals surface area (Å²) < 4.78 is 0. The molecule has 0 saturated carbocycles. The molecule has 0 unspecified atom stereocenters. The number of thiazole rings is 2. The molecule has 90 valence electrons. The topological polar surface area (TPSA) is 63.8 Å². The number of nitrogens with zero attached hydrogens (tertiary/aromatic N) is 2.